The standard InChI is InChI=1S/C24H23F2N5O4S/c1-13(2)12-31-23(32)17-8-14(4-6-19(17)29-24(31)27)15-9-20(22(35-3)28-11-15)30-36(33,34)21-7-5-16(25)10-18(21)26/h4-11,13,30H,12H2,1-3H3,(H2,27,29). The lowest BCUT2D eigenvalue weighted by Gasteiger charge is -2.14. The molecular weight excluding hydrogens is 492 g/mol. The number of nitrogens with zero attached hydrogens (tertiary/aromatic N) is 3. The predicted molar refractivity (Wildman–Crippen MR) is 132 cm³/mol. The van der Waals surface area contributed by atoms with E-state index in [0.29, 0.717) is 34.6 Å². The lowest BCUT2D eigenvalue weighted by molar-refractivity contribution is 0.400. The number of hydrogen-bond donors (Lipinski definition) is 2. The molecule has 0 aliphatic rings. The summed E-state index contributed by atoms with van der Waals surface area (Å²) in [5.74, 6) is -1.94. The van der Waals surface area contributed by atoms with Crippen LogP contribution in [0.15, 0.2) is 58.4 Å². The first-order valence-electron chi connectivity index (χ1n) is 10.8. The Morgan fingerprint density at radius 1 is 1.11 bits per heavy atom. The summed E-state index contributed by atoms with van der Waals surface area (Å²) in [6.07, 6.45) is 1.44. The highest BCUT2D eigenvalue weighted by atomic mass is 32.2. The maximum absolute atomic E-state index is 14.1. The molecule has 2 aromatic heterocycles. The number of ether oxygens (including phenoxy) is 1. The minimum atomic E-state index is -4.44. The molecule has 0 amide bonds. The zero-order chi connectivity index (χ0) is 26.2. The van der Waals surface area contributed by atoms with Crippen LogP contribution in [0.3, 0.4) is 0 Å². The first kappa shape index (κ1) is 25.0. The molecule has 4 aromatic rings. The molecule has 4 rings (SSSR count). The number of anilines is 2. The highest BCUT2D eigenvalue weighted by Gasteiger charge is 2.22. The molecule has 0 radical (unpaired) electrons. The van der Waals surface area contributed by atoms with Crippen molar-refractivity contribution >= 4 is 32.6 Å². The molecule has 0 saturated heterocycles. The zero-order valence-electron chi connectivity index (χ0n) is 19.6. The number of halogens is 2. The van der Waals surface area contributed by atoms with Gasteiger partial charge in [0.1, 0.15) is 22.2 Å². The Balaban J connectivity index is 1.79. The summed E-state index contributed by atoms with van der Waals surface area (Å²) in [5.41, 5.74) is 7.00. The summed E-state index contributed by atoms with van der Waals surface area (Å²) in [4.78, 5) is 20.8. The van der Waals surface area contributed by atoms with E-state index in [-0.39, 0.29) is 29.0 Å². The van der Waals surface area contributed by atoms with Gasteiger partial charge in [0.15, 0.2) is 0 Å². The number of benzene rings is 2. The van der Waals surface area contributed by atoms with Crippen molar-refractivity contribution in [3.05, 3.63) is 70.6 Å². The number of aromatic nitrogens is 3. The molecule has 36 heavy (non-hydrogen) atoms. The fourth-order valence-electron chi connectivity index (χ4n) is 3.70. The molecule has 2 aromatic carbocycles. The Bertz CT molecular complexity index is 1640. The van der Waals surface area contributed by atoms with E-state index in [1.165, 1.54) is 23.9 Å². The van der Waals surface area contributed by atoms with Crippen LogP contribution >= 0.6 is 0 Å². The van der Waals surface area contributed by atoms with Crippen LogP contribution in [0.5, 0.6) is 5.88 Å². The number of methoxy groups -OCH3 is 1. The van der Waals surface area contributed by atoms with Crippen molar-refractivity contribution in [1.82, 2.24) is 14.5 Å². The summed E-state index contributed by atoms with van der Waals surface area (Å²) >= 11 is 0. The molecule has 12 heteroatoms. The van der Waals surface area contributed by atoms with Crippen molar-refractivity contribution in [2.75, 3.05) is 17.6 Å². The van der Waals surface area contributed by atoms with E-state index >= 15 is 0 Å². The number of rotatable bonds is 7. The maximum atomic E-state index is 14.1. The number of nitrogens with two attached hydrogens (primary N) is 1. The number of sulfonamides is 1. The Morgan fingerprint density at radius 2 is 1.86 bits per heavy atom. The van der Waals surface area contributed by atoms with Crippen molar-refractivity contribution in [3.8, 4) is 17.0 Å². The molecule has 9 nitrogen and oxygen atoms in total. The second kappa shape index (κ2) is 9.53. The van der Waals surface area contributed by atoms with Gasteiger partial charge in [0.25, 0.3) is 15.6 Å². The summed E-state index contributed by atoms with van der Waals surface area (Å²) < 4.78 is 61.8. The van der Waals surface area contributed by atoms with Crippen molar-refractivity contribution in [2.24, 2.45) is 5.92 Å². The van der Waals surface area contributed by atoms with Gasteiger partial charge in [0, 0.05) is 24.4 Å². The van der Waals surface area contributed by atoms with Crippen LogP contribution in [0.1, 0.15) is 13.8 Å². The van der Waals surface area contributed by atoms with Crippen LogP contribution in [0, 0.1) is 17.6 Å². The van der Waals surface area contributed by atoms with E-state index in [4.69, 9.17) is 10.5 Å². The average Bonchev–Trinajstić information content (AvgIpc) is 2.81. The van der Waals surface area contributed by atoms with Gasteiger partial charge >= 0.3 is 0 Å². The van der Waals surface area contributed by atoms with E-state index in [1.807, 2.05) is 13.8 Å². The van der Waals surface area contributed by atoms with Crippen LogP contribution in [0.2, 0.25) is 0 Å². The zero-order valence-corrected chi connectivity index (χ0v) is 20.4. The number of fused-ring (bicyclic) bond motifs is 1. The van der Waals surface area contributed by atoms with Gasteiger partial charge in [-0.15, -0.1) is 0 Å². The Hall–Kier alpha value is -4.06. The smallest absolute Gasteiger partial charge is 0.264 e. The first-order valence-corrected chi connectivity index (χ1v) is 12.3. The fourth-order valence-corrected chi connectivity index (χ4v) is 4.81. The number of nitrogens with one attached hydrogen (secondary N) is 1. The number of pyridine rings is 1. The van der Waals surface area contributed by atoms with Gasteiger partial charge in [-0.05, 0) is 41.8 Å². The highest BCUT2D eigenvalue weighted by Crippen LogP contribution is 2.31. The lowest BCUT2D eigenvalue weighted by Crippen LogP contribution is -2.26. The van der Waals surface area contributed by atoms with Gasteiger partial charge in [-0.2, -0.15) is 0 Å². The Kier molecular flexibility index (Phi) is 6.63. The van der Waals surface area contributed by atoms with E-state index in [2.05, 4.69) is 14.7 Å². The second-order valence-corrected chi connectivity index (χ2v) is 10.1. The third-order valence-electron chi connectivity index (χ3n) is 5.34. The van der Waals surface area contributed by atoms with E-state index < -0.39 is 26.6 Å². The van der Waals surface area contributed by atoms with Gasteiger partial charge < -0.3 is 10.5 Å². The summed E-state index contributed by atoms with van der Waals surface area (Å²) in [6, 6.07) is 8.49. The average molecular weight is 516 g/mol. The molecule has 188 valence electrons. The Labute approximate surface area is 205 Å². The van der Waals surface area contributed by atoms with Gasteiger partial charge in [-0.1, -0.05) is 19.9 Å². The van der Waals surface area contributed by atoms with Crippen LogP contribution in [0.25, 0.3) is 22.0 Å². The largest absolute Gasteiger partial charge is 0.480 e. The van der Waals surface area contributed by atoms with Crippen molar-refractivity contribution in [2.45, 2.75) is 25.3 Å². The molecule has 0 unspecified atom stereocenters. The van der Waals surface area contributed by atoms with Gasteiger partial charge in [0.2, 0.25) is 11.8 Å². The molecule has 2 heterocycles. The summed E-state index contributed by atoms with van der Waals surface area (Å²) in [5, 5.41) is 0.327. The molecular formula is C24H23F2N5O4S. The fraction of sp³-hybridized carbons (Fsp3) is 0.208. The van der Waals surface area contributed by atoms with E-state index in [9.17, 15) is 22.0 Å². The van der Waals surface area contributed by atoms with Crippen LogP contribution in [0.4, 0.5) is 20.4 Å². The maximum Gasteiger partial charge on any atom is 0.264 e. The van der Waals surface area contributed by atoms with Crippen LogP contribution in [-0.2, 0) is 16.6 Å². The van der Waals surface area contributed by atoms with Gasteiger partial charge in [-0.3, -0.25) is 14.1 Å². The predicted octanol–water partition coefficient (Wildman–Crippen LogP) is 3.78. The first-order chi connectivity index (χ1) is 17.0. The molecule has 3 N–H and O–H groups in total. The van der Waals surface area contributed by atoms with Crippen LogP contribution in [-0.4, -0.2) is 30.1 Å². The second-order valence-electron chi connectivity index (χ2n) is 8.47. The highest BCUT2D eigenvalue weighted by molar-refractivity contribution is 7.92. The number of hydrogen-bond acceptors (Lipinski definition) is 7. The number of nitrogen functional groups attached to an aromatic ring is 1. The van der Waals surface area contributed by atoms with Gasteiger partial charge in [0.05, 0.1) is 18.0 Å². The molecule has 0 saturated carbocycles. The molecule has 0 fully saturated rings. The topological polar surface area (TPSA) is 129 Å². The van der Waals surface area contributed by atoms with Crippen molar-refractivity contribution in [3.63, 3.8) is 0 Å². The molecule has 0 bridgehead atoms. The molecule has 0 spiro atoms. The molecule has 0 aliphatic carbocycles. The van der Waals surface area contributed by atoms with E-state index in [1.54, 1.807) is 18.2 Å². The quantitative estimate of drug-likeness (QED) is 0.383. The minimum absolute atomic E-state index is 0.0700. The molecule has 0 atom stereocenters. The van der Waals surface area contributed by atoms with Crippen LogP contribution < -0.4 is 20.8 Å². The van der Waals surface area contributed by atoms with E-state index in [0.717, 1.165) is 12.1 Å². The summed E-state index contributed by atoms with van der Waals surface area (Å²) in [6.45, 7) is 4.31. The van der Waals surface area contributed by atoms with Gasteiger partial charge in [-0.25, -0.2) is 27.2 Å². The summed E-state index contributed by atoms with van der Waals surface area (Å²) in [7, 11) is -3.15. The minimum Gasteiger partial charge on any atom is -0.480 e. The van der Waals surface area contributed by atoms with Crippen molar-refractivity contribution in [1.29, 1.82) is 0 Å². The monoisotopic (exact) mass is 515 g/mol. The normalized spacial score (nSPS) is 11.7. The molecule has 0 aliphatic heterocycles. The SMILES string of the molecule is COc1ncc(-c2ccc3nc(N)n(CC(C)C)c(=O)c3c2)cc1NS(=O)(=O)c1ccc(F)cc1F. The Morgan fingerprint density at radius 3 is 2.53 bits per heavy atom. The van der Waals surface area contributed by atoms with Crippen molar-refractivity contribution < 1.29 is 21.9 Å². The third kappa shape index (κ3) is 4.85. The lowest BCUT2D eigenvalue weighted by atomic mass is 10.0. The third-order valence-corrected chi connectivity index (χ3v) is 6.74.